The van der Waals surface area contributed by atoms with Crippen molar-refractivity contribution in [1.82, 2.24) is 34.6 Å². The first kappa shape index (κ1) is 38.1. The first-order valence-electron chi connectivity index (χ1n) is 15.7. The summed E-state index contributed by atoms with van der Waals surface area (Å²) < 4.78 is 4.80. The summed E-state index contributed by atoms with van der Waals surface area (Å²) in [5, 5.41) is 38.7. The van der Waals surface area contributed by atoms with Crippen molar-refractivity contribution in [3.8, 4) is 17.2 Å². The number of carbonyl (C=O) groups excluding carboxylic acids is 3. The van der Waals surface area contributed by atoms with Crippen molar-refractivity contribution in [3.63, 3.8) is 0 Å². The molecule has 6 N–H and O–H groups in total. The van der Waals surface area contributed by atoms with Gasteiger partial charge in [0.1, 0.15) is 0 Å². The Bertz CT molecular complexity index is 1690. The van der Waals surface area contributed by atoms with Crippen LogP contribution in [0.25, 0.3) is 0 Å². The molecule has 0 saturated carbocycles. The largest absolute Gasteiger partial charge is 0.503 e. The van der Waals surface area contributed by atoms with Crippen molar-refractivity contribution < 1.29 is 29.7 Å². The molecule has 49 heavy (non-hydrogen) atoms. The Labute approximate surface area is 282 Å². The fourth-order valence-electron chi connectivity index (χ4n) is 5.14. The third-order valence-corrected chi connectivity index (χ3v) is 8.67. The Kier molecular flexibility index (Phi) is 12.9. The highest BCUT2D eigenvalue weighted by Gasteiger charge is 2.17. The normalized spacial score (nSPS) is 11.1. The summed E-state index contributed by atoms with van der Waals surface area (Å²) in [7, 11) is 4.98. The van der Waals surface area contributed by atoms with Crippen LogP contribution in [-0.4, -0.2) is 71.3 Å². The molecule has 0 aliphatic heterocycles. The van der Waals surface area contributed by atoms with Crippen LogP contribution in [0.15, 0.2) is 32.6 Å². The summed E-state index contributed by atoms with van der Waals surface area (Å²) in [5.41, 5.74) is 0.901. The molecule has 0 aliphatic rings. The van der Waals surface area contributed by atoms with Crippen LogP contribution in [0.4, 0.5) is 0 Å². The maximum absolute atomic E-state index is 12.8. The van der Waals surface area contributed by atoms with Crippen molar-refractivity contribution in [1.29, 1.82) is 0 Å². The monoisotopic (exact) mass is 683 g/mol. The zero-order valence-corrected chi connectivity index (χ0v) is 28.7. The van der Waals surface area contributed by atoms with Crippen molar-refractivity contribution >= 4 is 17.7 Å². The van der Waals surface area contributed by atoms with Crippen molar-refractivity contribution in [2.24, 2.45) is 21.1 Å². The predicted octanol–water partition coefficient (Wildman–Crippen LogP) is -0.454. The van der Waals surface area contributed by atoms with Gasteiger partial charge in [0.25, 0.3) is 0 Å². The number of amides is 3. The molecule has 3 heterocycles. The van der Waals surface area contributed by atoms with Crippen LogP contribution in [0.3, 0.4) is 0 Å². The molecule has 0 saturated heterocycles. The number of aromatic hydroxyl groups is 3. The van der Waals surface area contributed by atoms with Crippen LogP contribution in [0.1, 0.15) is 53.4 Å². The molecule has 0 fully saturated rings. The van der Waals surface area contributed by atoms with E-state index in [0.29, 0.717) is 17.1 Å². The Balaban J connectivity index is 1.63. The van der Waals surface area contributed by atoms with Gasteiger partial charge in [-0.25, -0.2) is 0 Å². The van der Waals surface area contributed by atoms with E-state index in [1.54, 1.807) is 60.5 Å². The summed E-state index contributed by atoms with van der Waals surface area (Å²) in [4.78, 5) is 76.1. The van der Waals surface area contributed by atoms with Crippen molar-refractivity contribution in [2.45, 2.75) is 59.7 Å². The molecule has 3 aromatic heterocycles. The summed E-state index contributed by atoms with van der Waals surface area (Å²) >= 11 is 0. The highest BCUT2D eigenvalue weighted by Crippen LogP contribution is 2.15. The summed E-state index contributed by atoms with van der Waals surface area (Å²) in [5.74, 6) is -2.53. The molecule has 0 spiro atoms. The fourth-order valence-corrected chi connectivity index (χ4v) is 5.14. The second kappa shape index (κ2) is 16.6. The first-order valence-corrected chi connectivity index (χ1v) is 15.7. The molecule has 0 aromatic carbocycles. The third-order valence-electron chi connectivity index (χ3n) is 8.67. The average Bonchev–Trinajstić information content (AvgIpc) is 3.05. The van der Waals surface area contributed by atoms with Gasteiger partial charge >= 0.3 is 0 Å². The second-order valence-corrected chi connectivity index (χ2v) is 11.9. The Morgan fingerprint density at radius 2 is 0.796 bits per heavy atom. The summed E-state index contributed by atoms with van der Waals surface area (Å²) in [6.45, 7) is 5.30. The van der Waals surface area contributed by atoms with Crippen molar-refractivity contribution in [3.05, 3.63) is 83.0 Å². The Morgan fingerprint density at radius 1 is 0.551 bits per heavy atom. The van der Waals surface area contributed by atoms with Crippen LogP contribution in [0.5, 0.6) is 17.2 Å². The van der Waals surface area contributed by atoms with E-state index in [9.17, 15) is 44.1 Å². The number of rotatable bonds is 15. The standard InChI is InChI=1S/C33H45N7O9/c1-19-13-25(41)31(47)22(37(19)4)16-34-28(44)7-10-40(11-8-29(45)35-17-23-32(48)26(42)14-20(2)38(23)5)12-9-30(46)36-18-24-33(49)27(43)15-21(3)39(24)6/h13-15,47-49H,7-12,16-18H2,1-6H3,(H,34,44)(H,35,45)(H,36,46). The molecule has 3 amide bonds. The van der Waals surface area contributed by atoms with E-state index in [4.69, 9.17) is 0 Å². The van der Waals surface area contributed by atoms with Gasteiger partial charge < -0.3 is 49.9 Å². The molecule has 16 heteroatoms. The topological polar surface area (TPSA) is 217 Å². The van der Waals surface area contributed by atoms with Gasteiger partial charge in [-0.15, -0.1) is 0 Å². The van der Waals surface area contributed by atoms with Gasteiger partial charge in [-0.1, -0.05) is 0 Å². The molecule has 0 unspecified atom stereocenters. The lowest BCUT2D eigenvalue weighted by Crippen LogP contribution is -2.37. The maximum Gasteiger partial charge on any atom is 0.223 e. The van der Waals surface area contributed by atoms with E-state index in [2.05, 4.69) is 16.0 Å². The minimum atomic E-state index is -0.553. The van der Waals surface area contributed by atoms with Gasteiger partial charge in [0.05, 0.1) is 36.7 Å². The van der Waals surface area contributed by atoms with Gasteiger partial charge in [-0.05, 0) is 20.8 Å². The van der Waals surface area contributed by atoms with Gasteiger partial charge in [0.15, 0.2) is 17.2 Å². The molecular formula is C33H45N7O9. The Hall–Kier alpha value is -5.38. The first-order chi connectivity index (χ1) is 23.0. The SMILES string of the molecule is Cc1cc(=O)c(O)c(CNC(=O)CCN(CCC(=O)NCc2c(O)c(=O)cc(C)n2C)CCC(=O)NCc2c(O)c(=O)cc(C)n2C)n1C. The highest BCUT2D eigenvalue weighted by molar-refractivity contribution is 5.77. The van der Waals surface area contributed by atoms with Crippen LogP contribution in [0, 0.1) is 20.8 Å². The molecule has 0 radical (unpaired) electrons. The summed E-state index contributed by atoms with van der Waals surface area (Å²) in [6, 6.07) is 3.88. The number of carbonyl (C=O) groups is 3. The third kappa shape index (κ3) is 9.82. The highest BCUT2D eigenvalue weighted by atomic mass is 16.3. The van der Waals surface area contributed by atoms with E-state index in [-0.39, 0.29) is 93.3 Å². The molecule has 0 atom stereocenters. The zero-order chi connectivity index (χ0) is 36.6. The molecule has 0 aliphatic carbocycles. The van der Waals surface area contributed by atoms with Gasteiger partial charge in [0, 0.05) is 95.3 Å². The lowest BCUT2D eigenvalue weighted by atomic mass is 10.2. The van der Waals surface area contributed by atoms with Gasteiger partial charge in [-0.3, -0.25) is 28.8 Å². The maximum atomic E-state index is 12.8. The second-order valence-electron chi connectivity index (χ2n) is 11.9. The lowest BCUT2D eigenvalue weighted by Gasteiger charge is -2.22. The average molecular weight is 684 g/mol. The summed E-state index contributed by atoms with van der Waals surface area (Å²) in [6.07, 6.45) is -0.0764. The molecule has 3 rings (SSSR count). The fraction of sp³-hybridized carbons (Fsp3) is 0.455. The quantitative estimate of drug-likeness (QED) is 0.121. The van der Waals surface area contributed by atoms with E-state index < -0.39 is 33.5 Å². The number of nitrogens with zero attached hydrogens (tertiary/aromatic N) is 4. The van der Waals surface area contributed by atoms with E-state index in [1.165, 1.54) is 18.2 Å². The molecule has 3 aromatic rings. The molecule has 16 nitrogen and oxygen atoms in total. The number of nitrogens with one attached hydrogen (secondary N) is 3. The van der Waals surface area contributed by atoms with Gasteiger partial charge in [0.2, 0.25) is 34.0 Å². The van der Waals surface area contributed by atoms with Crippen LogP contribution < -0.4 is 32.2 Å². The van der Waals surface area contributed by atoms with Crippen LogP contribution in [-0.2, 0) is 55.2 Å². The number of pyridine rings is 3. The number of aryl methyl sites for hydroxylation is 3. The van der Waals surface area contributed by atoms with Gasteiger partial charge in [-0.2, -0.15) is 0 Å². The smallest absolute Gasteiger partial charge is 0.223 e. The minimum absolute atomic E-state index is 0.0255. The lowest BCUT2D eigenvalue weighted by molar-refractivity contribution is -0.121. The van der Waals surface area contributed by atoms with Crippen LogP contribution >= 0.6 is 0 Å². The minimum Gasteiger partial charge on any atom is -0.503 e. The zero-order valence-electron chi connectivity index (χ0n) is 28.7. The number of hydrogen-bond donors (Lipinski definition) is 6. The number of aromatic nitrogens is 3. The van der Waals surface area contributed by atoms with E-state index in [0.717, 1.165) is 0 Å². The van der Waals surface area contributed by atoms with Crippen molar-refractivity contribution in [2.75, 3.05) is 19.6 Å². The predicted molar refractivity (Wildman–Crippen MR) is 180 cm³/mol. The molecule has 266 valence electrons. The van der Waals surface area contributed by atoms with E-state index >= 15 is 0 Å². The molecular weight excluding hydrogens is 638 g/mol. The van der Waals surface area contributed by atoms with E-state index in [1.807, 2.05) is 0 Å². The van der Waals surface area contributed by atoms with Crippen LogP contribution in [0.2, 0.25) is 0 Å². The Morgan fingerprint density at radius 3 is 1.04 bits per heavy atom. The number of hydrogen-bond acceptors (Lipinski definition) is 10. The molecule has 0 bridgehead atoms.